The van der Waals surface area contributed by atoms with Crippen LogP contribution in [0, 0.1) is 17.0 Å². The number of esters is 2. The summed E-state index contributed by atoms with van der Waals surface area (Å²) in [4.78, 5) is 36.1. The van der Waals surface area contributed by atoms with Gasteiger partial charge in [0, 0.05) is 41.0 Å². The van der Waals surface area contributed by atoms with E-state index in [2.05, 4.69) is 11.1 Å². The Hall–Kier alpha value is -4.14. The van der Waals surface area contributed by atoms with Crippen LogP contribution in [0.4, 0.5) is 5.69 Å². The Morgan fingerprint density at radius 2 is 1.67 bits per heavy atom. The Labute approximate surface area is 190 Å². The number of ether oxygens (including phenoxy) is 2. The summed E-state index contributed by atoms with van der Waals surface area (Å²) >= 11 is 0. The van der Waals surface area contributed by atoms with E-state index in [0.717, 1.165) is 10.9 Å². The third-order valence-electron chi connectivity index (χ3n) is 4.99. The fourth-order valence-electron chi connectivity index (χ4n) is 3.42. The molecule has 0 amide bonds. The van der Waals surface area contributed by atoms with Crippen LogP contribution in [0.2, 0.25) is 0 Å². The molecule has 172 valence electrons. The number of rotatable bonds is 5. The van der Waals surface area contributed by atoms with Crippen molar-refractivity contribution in [2.75, 3.05) is 13.2 Å². The van der Waals surface area contributed by atoms with Gasteiger partial charge in [0.25, 0.3) is 5.69 Å². The van der Waals surface area contributed by atoms with Crippen LogP contribution in [0.5, 0.6) is 0 Å². The molecule has 0 aliphatic rings. The first-order valence-corrected chi connectivity index (χ1v) is 10.4. The Balaban J connectivity index is 0.000000186. The molecule has 9 nitrogen and oxygen atoms in total. The van der Waals surface area contributed by atoms with Crippen molar-refractivity contribution in [3.05, 3.63) is 75.6 Å². The van der Waals surface area contributed by atoms with Crippen LogP contribution in [0.15, 0.2) is 48.5 Å². The lowest BCUT2D eigenvalue weighted by atomic mass is 10.2. The van der Waals surface area contributed by atoms with E-state index in [-0.39, 0.29) is 18.3 Å². The van der Waals surface area contributed by atoms with Crippen molar-refractivity contribution in [3.8, 4) is 0 Å². The van der Waals surface area contributed by atoms with Gasteiger partial charge in [-0.1, -0.05) is 11.6 Å². The summed E-state index contributed by atoms with van der Waals surface area (Å²) in [6.45, 7) is 6.25. The van der Waals surface area contributed by atoms with Crippen LogP contribution in [-0.2, 0) is 16.5 Å². The molecule has 2 heterocycles. The lowest BCUT2D eigenvalue weighted by molar-refractivity contribution is -0.384. The van der Waals surface area contributed by atoms with Gasteiger partial charge >= 0.3 is 11.9 Å². The first-order valence-electron chi connectivity index (χ1n) is 10.4. The van der Waals surface area contributed by atoms with E-state index in [4.69, 9.17) is 9.47 Å². The molecule has 0 spiro atoms. The van der Waals surface area contributed by atoms with Gasteiger partial charge in [-0.25, -0.2) is 9.59 Å². The summed E-state index contributed by atoms with van der Waals surface area (Å²) in [5, 5.41) is 12.3. The van der Waals surface area contributed by atoms with Gasteiger partial charge in [-0.3, -0.25) is 10.1 Å². The highest BCUT2D eigenvalue weighted by Crippen LogP contribution is 2.22. The molecule has 0 saturated heterocycles. The number of aromatic amines is 1. The number of nitro groups is 1. The molecule has 0 aliphatic heterocycles. The largest absolute Gasteiger partial charge is 0.461 e. The summed E-state index contributed by atoms with van der Waals surface area (Å²) in [5.74, 6) is -0.731. The number of aromatic nitrogens is 2. The lowest BCUT2D eigenvalue weighted by Crippen LogP contribution is -2.09. The van der Waals surface area contributed by atoms with Gasteiger partial charge < -0.3 is 19.0 Å². The van der Waals surface area contributed by atoms with Gasteiger partial charge in [0.15, 0.2) is 0 Å². The fraction of sp³-hybridized carbons (Fsp3) is 0.250. The normalized spacial score (nSPS) is 10.5. The predicted molar refractivity (Wildman–Crippen MR) is 125 cm³/mol. The molecule has 33 heavy (non-hydrogen) atoms. The maximum atomic E-state index is 11.7. The van der Waals surface area contributed by atoms with Crippen LogP contribution in [0.1, 0.15) is 40.4 Å². The molecule has 2 aromatic carbocycles. The van der Waals surface area contributed by atoms with Crippen molar-refractivity contribution >= 4 is 39.4 Å². The smallest absolute Gasteiger partial charge is 0.354 e. The van der Waals surface area contributed by atoms with E-state index in [9.17, 15) is 19.7 Å². The second kappa shape index (κ2) is 9.99. The number of nitrogens with one attached hydrogen (secondary N) is 1. The summed E-state index contributed by atoms with van der Waals surface area (Å²) in [6.07, 6.45) is 0. The number of carbonyl (C=O) groups excluding carboxylic acids is 2. The number of nitro benzene ring substituents is 1. The van der Waals surface area contributed by atoms with Gasteiger partial charge in [-0.05, 0) is 51.1 Å². The minimum absolute atomic E-state index is 0.00749. The Kier molecular flexibility index (Phi) is 7.12. The number of hydrogen-bond acceptors (Lipinski definition) is 6. The zero-order valence-corrected chi connectivity index (χ0v) is 18.9. The highest BCUT2D eigenvalue weighted by atomic mass is 16.6. The number of benzene rings is 2. The van der Waals surface area contributed by atoms with Crippen molar-refractivity contribution < 1.29 is 24.0 Å². The summed E-state index contributed by atoms with van der Waals surface area (Å²) < 4.78 is 11.7. The maximum Gasteiger partial charge on any atom is 0.354 e. The monoisotopic (exact) mass is 451 g/mol. The molecule has 0 unspecified atom stereocenters. The number of carbonyl (C=O) groups is 2. The molecule has 0 radical (unpaired) electrons. The molecular formula is C24H25N3O6. The van der Waals surface area contributed by atoms with E-state index < -0.39 is 10.9 Å². The first kappa shape index (κ1) is 23.5. The zero-order valence-electron chi connectivity index (χ0n) is 18.9. The second-order valence-corrected chi connectivity index (χ2v) is 7.30. The topological polar surface area (TPSA) is 116 Å². The number of hydrogen-bond donors (Lipinski definition) is 1. The van der Waals surface area contributed by atoms with Crippen LogP contribution < -0.4 is 0 Å². The standard InChI is InChI=1S/C13H15NO2.C11H10N2O4/c1-4-16-13(15)12-8-10-7-9(2)5-6-11(10)14(12)3;1-2-17-11(14)10-6-7-5-8(13(15)16)3-4-9(7)12-10/h5-8H,4H2,1-3H3;3-6,12H,2H2,1H3. The molecule has 0 bridgehead atoms. The minimum Gasteiger partial charge on any atom is -0.461 e. The number of non-ortho nitro benzene ring substituents is 1. The quantitative estimate of drug-likeness (QED) is 0.262. The third kappa shape index (κ3) is 5.20. The third-order valence-corrected chi connectivity index (χ3v) is 4.99. The van der Waals surface area contributed by atoms with Gasteiger partial charge in [-0.2, -0.15) is 0 Å². The summed E-state index contributed by atoms with van der Waals surface area (Å²) in [6, 6.07) is 13.9. The molecule has 0 aliphatic carbocycles. The van der Waals surface area contributed by atoms with Crippen LogP contribution in [-0.4, -0.2) is 39.6 Å². The highest BCUT2D eigenvalue weighted by Gasteiger charge is 2.14. The van der Waals surface area contributed by atoms with Crippen LogP contribution >= 0.6 is 0 Å². The van der Waals surface area contributed by atoms with E-state index in [1.807, 2.05) is 43.7 Å². The molecule has 9 heteroatoms. The average molecular weight is 451 g/mol. The van der Waals surface area contributed by atoms with E-state index in [1.54, 1.807) is 19.1 Å². The van der Waals surface area contributed by atoms with Crippen molar-refractivity contribution in [2.24, 2.45) is 7.05 Å². The Morgan fingerprint density at radius 3 is 2.33 bits per heavy atom. The average Bonchev–Trinajstić information content (AvgIpc) is 3.35. The van der Waals surface area contributed by atoms with E-state index in [1.165, 1.54) is 17.7 Å². The number of fused-ring (bicyclic) bond motifs is 2. The van der Waals surface area contributed by atoms with E-state index >= 15 is 0 Å². The molecule has 0 atom stereocenters. The van der Waals surface area contributed by atoms with Crippen molar-refractivity contribution in [2.45, 2.75) is 20.8 Å². The fourth-order valence-corrected chi connectivity index (χ4v) is 3.42. The van der Waals surface area contributed by atoms with Crippen LogP contribution in [0.25, 0.3) is 21.8 Å². The number of H-pyrrole nitrogens is 1. The summed E-state index contributed by atoms with van der Waals surface area (Å²) in [7, 11) is 1.88. The molecule has 0 saturated carbocycles. The predicted octanol–water partition coefficient (Wildman–Crippen LogP) is 4.92. The zero-order chi connectivity index (χ0) is 24.1. The molecule has 2 aromatic heterocycles. The second-order valence-electron chi connectivity index (χ2n) is 7.30. The number of aryl methyl sites for hydroxylation is 2. The van der Waals surface area contributed by atoms with Gasteiger partial charge in [-0.15, -0.1) is 0 Å². The molecular weight excluding hydrogens is 426 g/mol. The van der Waals surface area contributed by atoms with Crippen molar-refractivity contribution in [1.82, 2.24) is 9.55 Å². The molecule has 1 N–H and O–H groups in total. The minimum atomic E-state index is -0.476. The van der Waals surface area contributed by atoms with Crippen molar-refractivity contribution in [3.63, 3.8) is 0 Å². The Morgan fingerprint density at radius 1 is 0.970 bits per heavy atom. The maximum absolute atomic E-state index is 11.7. The number of nitrogens with zero attached hydrogens (tertiary/aromatic N) is 2. The lowest BCUT2D eigenvalue weighted by Gasteiger charge is -2.03. The molecule has 0 fully saturated rings. The SMILES string of the molecule is CCOC(=O)c1cc2cc(C)ccc2n1C.CCOC(=O)c1cc2cc([N+](=O)[O-])ccc2[nH]1. The van der Waals surface area contributed by atoms with Gasteiger partial charge in [0.2, 0.25) is 0 Å². The Bertz CT molecular complexity index is 1330. The van der Waals surface area contributed by atoms with Gasteiger partial charge in [0.1, 0.15) is 11.4 Å². The highest BCUT2D eigenvalue weighted by molar-refractivity contribution is 5.96. The molecule has 4 rings (SSSR count). The summed E-state index contributed by atoms with van der Waals surface area (Å²) in [5.41, 5.74) is 3.79. The first-order chi connectivity index (χ1) is 15.7. The van der Waals surface area contributed by atoms with Crippen molar-refractivity contribution in [1.29, 1.82) is 0 Å². The van der Waals surface area contributed by atoms with Crippen LogP contribution in [0.3, 0.4) is 0 Å². The molecule has 4 aromatic rings. The van der Waals surface area contributed by atoms with Gasteiger partial charge in [0.05, 0.1) is 18.1 Å². The van der Waals surface area contributed by atoms with E-state index in [0.29, 0.717) is 28.9 Å².